The first-order valence-corrected chi connectivity index (χ1v) is 8.86. The first-order chi connectivity index (χ1) is 12.2. The van der Waals surface area contributed by atoms with Crippen LogP contribution in [0.5, 0.6) is 0 Å². The van der Waals surface area contributed by atoms with Crippen molar-refractivity contribution in [3.8, 4) is 0 Å². The maximum Gasteiger partial charge on any atom is 0.236 e. The summed E-state index contributed by atoms with van der Waals surface area (Å²) in [6.45, 7) is 4.02. The van der Waals surface area contributed by atoms with Gasteiger partial charge in [-0.2, -0.15) is 0 Å². The minimum atomic E-state index is 0.183. The SMILES string of the molecule is CN(Cc1ccccc1)C(=O)CN1CC[C@H](CNc2ccccn2)C1. The molecule has 2 aromatic rings. The predicted octanol–water partition coefficient (Wildman–Crippen LogP) is 2.47. The van der Waals surface area contributed by atoms with E-state index in [4.69, 9.17) is 0 Å². The lowest BCUT2D eigenvalue weighted by molar-refractivity contribution is -0.131. The second-order valence-electron chi connectivity index (χ2n) is 6.72. The van der Waals surface area contributed by atoms with Crippen LogP contribution in [0, 0.1) is 5.92 Å². The molecule has 1 atom stereocenters. The normalized spacial score (nSPS) is 17.4. The van der Waals surface area contributed by atoms with Gasteiger partial charge >= 0.3 is 0 Å². The van der Waals surface area contributed by atoms with Crippen LogP contribution in [0.4, 0.5) is 5.82 Å². The van der Waals surface area contributed by atoms with E-state index in [1.807, 2.05) is 48.3 Å². The molecule has 5 nitrogen and oxygen atoms in total. The first kappa shape index (κ1) is 17.4. The van der Waals surface area contributed by atoms with E-state index in [0.717, 1.165) is 37.4 Å². The quantitative estimate of drug-likeness (QED) is 0.843. The largest absolute Gasteiger partial charge is 0.370 e. The van der Waals surface area contributed by atoms with Crippen LogP contribution in [0.1, 0.15) is 12.0 Å². The van der Waals surface area contributed by atoms with Gasteiger partial charge in [-0.05, 0) is 36.6 Å². The maximum absolute atomic E-state index is 12.4. The van der Waals surface area contributed by atoms with Gasteiger partial charge in [0.2, 0.25) is 5.91 Å². The molecule has 2 heterocycles. The highest BCUT2D eigenvalue weighted by Gasteiger charge is 2.24. The number of likely N-dealkylation sites (tertiary alicyclic amines) is 1. The number of carbonyl (C=O) groups excluding carboxylic acids is 1. The minimum Gasteiger partial charge on any atom is -0.370 e. The fourth-order valence-electron chi connectivity index (χ4n) is 3.20. The fourth-order valence-corrected chi connectivity index (χ4v) is 3.20. The van der Waals surface area contributed by atoms with Gasteiger partial charge < -0.3 is 10.2 Å². The van der Waals surface area contributed by atoms with Crippen LogP contribution in [0.3, 0.4) is 0 Å². The lowest BCUT2D eigenvalue weighted by atomic mass is 10.1. The van der Waals surface area contributed by atoms with Gasteiger partial charge in [-0.1, -0.05) is 36.4 Å². The van der Waals surface area contributed by atoms with Crippen LogP contribution in [-0.4, -0.2) is 53.9 Å². The summed E-state index contributed by atoms with van der Waals surface area (Å²) in [5.41, 5.74) is 1.16. The van der Waals surface area contributed by atoms with Crippen molar-refractivity contribution in [2.24, 2.45) is 5.92 Å². The lowest BCUT2D eigenvalue weighted by Gasteiger charge is -2.22. The van der Waals surface area contributed by atoms with E-state index in [1.54, 1.807) is 6.20 Å². The van der Waals surface area contributed by atoms with Crippen LogP contribution in [0.2, 0.25) is 0 Å². The van der Waals surface area contributed by atoms with E-state index in [2.05, 4.69) is 27.3 Å². The number of benzene rings is 1. The topological polar surface area (TPSA) is 48.5 Å². The molecule has 0 saturated carbocycles. The average Bonchev–Trinajstić information content (AvgIpc) is 3.09. The Morgan fingerprint density at radius 3 is 2.80 bits per heavy atom. The molecule has 1 amide bonds. The second-order valence-corrected chi connectivity index (χ2v) is 6.72. The molecule has 0 radical (unpaired) electrons. The van der Waals surface area contributed by atoms with Crippen molar-refractivity contribution in [3.05, 3.63) is 60.3 Å². The van der Waals surface area contributed by atoms with Crippen LogP contribution in [0.25, 0.3) is 0 Å². The van der Waals surface area contributed by atoms with Gasteiger partial charge in [0.05, 0.1) is 6.54 Å². The van der Waals surface area contributed by atoms with Gasteiger partial charge in [0.1, 0.15) is 5.82 Å². The molecule has 1 fully saturated rings. The van der Waals surface area contributed by atoms with Crippen molar-refractivity contribution in [2.45, 2.75) is 13.0 Å². The molecule has 1 N–H and O–H groups in total. The van der Waals surface area contributed by atoms with E-state index < -0.39 is 0 Å². The van der Waals surface area contributed by atoms with Gasteiger partial charge in [-0.15, -0.1) is 0 Å². The number of rotatable bonds is 7. The number of aromatic nitrogens is 1. The molecule has 1 aliphatic rings. The first-order valence-electron chi connectivity index (χ1n) is 8.86. The zero-order valence-corrected chi connectivity index (χ0v) is 14.8. The molecule has 1 saturated heterocycles. The van der Waals surface area contributed by atoms with E-state index in [0.29, 0.717) is 19.0 Å². The number of likely N-dealkylation sites (N-methyl/N-ethyl adjacent to an activating group) is 1. The minimum absolute atomic E-state index is 0.183. The van der Waals surface area contributed by atoms with Gasteiger partial charge in [-0.3, -0.25) is 9.69 Å². The summed E-state index contributed by atoms with van der Waals surface area (Å²) in [6, 6.07) is 16.0. The van der Waals surface area contributed by atoms with Crippen LogP contribution >= 0.6 is 0 Å². The summed E-state index contributed by atoms with van der Waals surface area (Å²) < 4.78 is 0. The van der Waals surface area contributed by atoms with Crippen molar-refractivity contribution in [3.63, 3.8) is 0 Å². The highest BCUT2D eigenvalue weighted by molar-refractivity contribution is 5.78. The Hall–Kier alpha value is -2.40. The van der Waals surface area contributed by atoms with Gasteiger partial charge in [0, 0.05) is 32.9 Å². The van der Waals surface area contributed by atoms with E-state index in [-0.39, 0.29) is 5.91 Å². The fraction of sp³-hybridized carbons (Fsp3) is 0.400. The second kappa shape index (κ2) is 8.62. The summed E-state index contributed by atoms with van der Waals surface area (Å²) in [7, 11) is 1.88. The number of nitrogens with one attached hydrogen (secondary N) is 1. The Morgan fingerprint density at radius 1 is 1.24 bits per heavy atom. The van der Waals surface area contributed by atoms with E-state index in [9.17, 15) is 4.79 Å². The monoisotopic (exact) mass is 338 g/mol. The summed E-state index contributed by atoms with van der Waals surface area (Å²) in [6.07, 6.45) is 2.92. The smallest absolute Gasteiger partial charge is 0.236 e. The lowest BCUT2D eigenvalue weighted by Crippen LogP contribution is -2.37. The summed E-state index contributed by atoms with van der Waals surface area (Å²) in [5.74, 6) is 1.66. The Bertz CT molecular complexity index is 662. The van der Waals surface area contributed by atoms with Crippen molar-refractivity contribution in [1.82, 2.24) is 14.8 Å². The number of hydrogen-bond donors (Lipinski definition) is 1. The third-order valence-corrected chi connectivity index (χ3v) is 4.65. The number of carbonyl (C=O) groups is 1. The zero-order valence-electron chi connectivity index (χ0n) is 14.8. The Morgan fingerprint density at radius 2 is 2.04 bits per heavy atom. The molecule has 1 aromatic heterocycles. The van der Waals surface area contributed by atoms with Crippen LogP contribution in [0.15, 0.2) is 54.7 Å². The molecule has 1 aromatic carbocycles. The number of nitrogens with zero attached hydrogens (tertiary/aromatic N) is 3. The molecule has 5 heteroatoms. The summed E-state index contributed by atoms with van der Waals surface area (Å²) >= 11 is 0. The van der Waals surface area contributed by atoms with Gasteiger partial charge in [0.25, 0.3) is 0 Å². The third kappa shape index (κ3) is 5.29. The molecule has 0 bridgehead atoms. The van der Waals surface area contributed by atoms with Crippen molar-refractivity contribution in [1.29, 1.82) is 0 Å². The van der Waals surface area contributed by atoms with E-state index >= 15 is 0 Å². The van der Waals surface area contributed by atoms with Crippen LogP contribution in [-0.2, 0) is 11.3 Å². The van der Waals surface area contributed by atoms with Gasteiger partial charge in [-0.25, -0.2) is 4.98 Å². The predicted molar refractivity (Wildman–Crippen MR) is 100 cm³/mol. The molecular formula is C20H26N4O. The summed E-state index contributed by atoms with van der Waals surface area (Å²) in [4.78, 5) is 20.8. The van der Waals surface area contributed by atoms with Crippen LogP contribution < -0.4 is 5.32 Å². The molecule has 3 rings (SSSR count). The van der Waals surface area contributed by atoms with Crippen molar-refractivity contribution < 1.29 is 4.79 Å². The Labute approximate surface area is 149 Å². The molecular weight excluding hydrogens is 312 g/mol. The standard InChI is InChI=1S/C20H26N4O/c1-23(14-17-7-3-2-4-8-17)20(25)16-24-12-10-18(15-24)13-22-19-9-5-6-11-21-19/h2-9,11,18H,10,12-16H2,1H3,(H,21,22)/t18-/m1/s1. The number of anilines is 1. The molecule has 132 valence electrons. The Kier molecular flexibility index (Phi) is 6.01. The molecule has 0 spiro atoms. The molecule has 1 aliphatic heterocycles. The number of amides is 1. The average molecular weight is 338 g/mol. The van der Waals surface area contributed by atoms with E-state index in [1.165, 1.54) is 0 Å². The number of hydrogen-bond acceptors (Lipinski definition) is 4. The Balaban J connectivity index is 1.40. The number of pyridine rings is 1. The maximum atomic E-state index is 12.4. The van der Waals surface area contributed by atoms with Crippen molar-refractivity contribution in [2.75, 3.05) is 38.5 Å². The van der Waals surface area contributed by atoms with Gasteiger partial charge in [0.15, 0.2) is 0 Å². The van der Waals surface area contributed by atoms with Crippen molar-refractivity contribution >= 4 is 11.7 Å². The zero-order chi connectivity index (χ0) is 17.5. The third-order valence-electron chi connectivity index (χ3n) is 4.65. The highest BCUT2D eigenvalue weighted by Crippen LogP contribution is 2.17. The summed E-state index contributed by atoms with van der Waals surface area (Å²) in [5, 5.41) is 3.38. The molecule has 25 heavy (non-hydrogen) atoms. The molecule has 0 aliphatic carbocycles. The highest BCUT2D eigenvalue weighted by atomic mass is 16.2. The molecule has 0 unspecified atom stereocenters.